The molecule has 4 N–H and O–H groups in total. The van der Waals surface area contributed by atoms with Crippen LogP contribution in [0.4, 0.5) is 0 Å². The minimum atomic E-state index is -1.25. The van der Waals surface area contributed by atoms with Crippen molar-refractivity contribution in [1.29, 1.82) is 0 Å². The number of hydrogen-bond donors (Lipinski definition) is 4. The minimum absolute atomic E-state index is 0.0960. The van der Waals surface area contributed by atoms with Crippen molar-refractivity contribution in [3.8, 4) is 0 Å². The van der Waals surface area contributed by atoms with E-state index >= 15 is 0 Å². The topological polar surface area (TPSA) is 124 Å². The monoisotopic (exact) mass is 477 g/mol. The molecule has 4 aliphatic rings. The molecule has 0 aromatic rings. The van der Waals surface area contributed by atoms with Gasteiger partial charge in [0.15, 0.2) is 0 Å². The third-order valence-corrected chi connectivity index (χ3v) is 10.8. The molecule has 4 aliphatic carbocycles. The molecule has 7 heteroatoms. The Bertz CT molecular complexity index is 815. The average Bonchev–Trinajstić information content (AvgIpc) is 3.14. The van der Waals surface area contributed by atoms with Gasteiger partial charge in [0.2, 0.25) is 5.91 Å². The minimum Gasteiger partial charge on any atom is -0.480 e. The van der Waals surface area contributed by atoms with Crippen molar-refractivity contribution < 1.29 is 29.7 Å². The quantitative estimate of drug-likeness (QED) is 0.447. The second-order valence-corrected chi connectivity index (χ2v) is 12.4. The van der Waals surface area contributed by atoms with Crippen LogP contribution in [0.25, 0.3) is 0 Å². The first kappa shape index (κ1) is 25.6. The molecule has 0 unspecified atom stereocenters. The van der Waals surface area contributed by atoms with Crippen LogP contribution in [-0.4, -0.2) is 51.7 Å². The van der Waals surface area contributed by atoms with Gasteiger partial charge in [-0.2, -0.15) is 0 Å². The zero-order valence-corrected chi connectivity index (χ0v) is 21.0. The molecular formula is C27H43NO6. The fraction of sp³-hybridized carbons (Fsp3) is 0.889. The highest BCUT2D eigenvalue weighted by Gasteiger charge is 2.63. The highest BCUT2D eigenvalue weighted by Crippen LogP contribution is 2.67. The van der Waals surface area contributed by atoms with Gasteiger partial charge in [-0.25, -0.2) is 4.79 Å². The molecule has 0 aromatic heterocycles. The zero-order valence-electron chi connectivity index (χ0n) is 21.0. The second kappa shape index (κ2) is 9.53. The summed E-state index contributed by atoms with van der Waals surface area (Å²) in [6, 6.07) is -1.25. The van der Waals surface area contributed by atoms with Crippen LogP contribution < -0.4 is 5.32 Å². The lowest BCUT2D eigenvalue weighted by Gasteiger charge is -2.60. The van der Waals surface area contributed by atoms with E-state index in [1.807, 2.05) is 0 Å². The molecule has 7 nitrogen and oxygen atoms in total. The number of hydrogen-bond acceptors (Lipinski definition) is 5. The lowest BCUT2D eigenvalue weighted by molar-refractivity contribution is -0.160. The lowest BCUT2D eigenvalue weighted by atomic mass is 9.44. The summed E-state index contributed by atoms with van der Waals surface area (Å²) < 4.78 is 0. The van der Waals surface area contributed by atoms with Crippen LogP contribution in [-0.2, 0) is 14.4 Å². The Kier molecular flexibility index (Phi) is 7.18. The Morgan fingerprint density at radius 2 is 1.76 bits per heavy atom. The Labute approximate surface area is 203 Å². The maximum absolute atomic E-state index is 13.5. The van der Waals surface area contributed by atoms with E-state index in [-0.39, 0.29) is 35.2 Å². The van der Waals surface area contributed by atoms with Crippen molar-refractivity contribution >= 4 is 17.7 Å². The number of carboxylic acid groups (broad SMARTS) is 1. The number of nitrogens with one attached hydrogen (secondary N) is 1. The number of fused-ring (bicyclic) bond motifs is 5. The molecule has 0 aromatic carbocycles. The van der Waals surface area contributed by atoms with Gasteiger partial charge >= 0.3 is 5.97 Å². The first-order chi connectivity index (χ1) is 16.0. The van der Waals surface area contributed by atoms with Crippen LogP contribution >= 0.6 is 0 Å². The predicted octanol–water partition coefficient (Wildman–Crippen LogP) is 3.16. The summed E-state index contributed by atoms with van der Waals surface area (Å²) in [4.78, 5) is 36.8. The Morgan fingerprint density at radius 3 is 2.44 bits per heavy atom. The molecule has 0 saturated heterocycles. The zero-order chi connectivity index (χ0) is 24.8. The van der Waals surface area contributed by atoms with Crippen molar-refractivity contribution in [2.24, 2.45) is 46.3 Å². The second-order valence-electron chi connectivity index (χ2n) is 12.4. The van der Waals surface area contributed by atoms with Gasteiger partial charge in [-0.3, -0.25) is 9.59 Å². The van der Waals surface area contributed by atoms with Crippen LogP contribution in [0.3, 0.4) is 0 Å². The number of aliphatic carboxylic acids is 1. The highest BCUT2D eigenvalue weighted by molar-refractivity contribution is 5.84. The molecule has 0 aliphatic heterocycles. The van der Waals surface area contributed by atoms with Crippen molar-refractivity contribution in [1.82, 2.24) is 5.32 Å². The third kappa shape index (κ3) is 4.32. The molecule has 1 amide bonds. The van der Waals surface area contributed by atoms with Crippen LogP contribution in [0.1, 0.15) is 85.0 Å². The van der Waals surface area contributed by atoms with E-state index in [9.17, 15) is 19.5 Å². The maximum Gasteiger partial charge on any atom is 0.328 e. The van der Waals surface area contributed by atoms with Gasteiger partial charge in [-0.05, 0) is 91.8 Å². The fourth-order valence-electron chi connectivity index (χ4n) is 8.90. The van der Waals surface area contributed by atoms with Gasteiger partial charge < -0.3 is 20.6 Å². The molecule has 0 bridgehead atoms. The number of aliphatic hydroxyl groups excluding tert-OH is 2. The van der Waals surface area contributed by atoms with Crippen molar-refractivity contribution in [3.05, 3.63) is 0 Å². The first-order valence-corrected chi connectivity index (χ1v) is 13.3. The van der Waals surface area contributed by atoms with Crippen LogP contribution in [0.15, 0.2) is 0 Å². The van der Waals surface area contributed by atoms with E-state index in [1.54, 1.807) is 0 Å². The van der Waals surface area contributed by atoms with Gasteiger partial charge in [0, 0.05) is 18.8 Å². The fourth-order valence-corrected chi connectivity index (χ4v) is 8.90. The average molecular weight is 478 g/mol. The molecule has 4 rings (SSSR count). The largest absolute Gasteiger partial charge is 0.480 e. The number of Topliss-reactive ketones (excluding diaryl/α,β-unsaturated/α-hetero) is 1. The normalized spacial score (nSPS) is 43.3. The molecule has 10 atom stereocenters. The maximum atomic E-state index is 13.5. The van der Waals surface area contributed by atoms with E-state index < -0.39 is 18.6 Å². The standard InChI is InChI=1S/C27H43NO6/c1-15(4-7-23(32)28-21(14-29)25(33)34)18-5-6-19-24-20(9-11-27(18,19)3)26(2)10-8-17(30)12-16(26)13-22(24)31/h15-21,24,29-30H,4-14H2,1-3H3,(H,28,32)(H,33,34)/t15-,16+,17-,18-,19+,20+,21+,24+,26+,27-/m1/s1. The molecular weight excluding hydrogens is 434 g/mol. The molecule has 4 fully saturated rings. The molecule has 192 valence electrons. The third-order valence-electron chi connectivity index (χ3n) is 10.8. The number of aliphatic hydroxyl groups is 2. The number of amides is 1. The lowest BCUT2D eigenvalue weighted by Crippen LogP contribution is -2.57. The van der Waals surface area contributed by atoms with Crippen molar-refractivity contribution in [2.75, 3.05) is 6.61 Å². The van der Waals surface area contributed by atoms with E-state index in [0.717, 1.165) is 44.9 Å². The summed E-state index contributed by atoms with van der Waals surface area (Å²) in [5.41, 5.74) is 0.257. The van der Waals surface area contributed by atoms with E-state index in [0.29, 0.717) is 48.2 Å². The molecule has 4 saturated carbocycles. The van der Waals surface area contributed by atoms with Crippen LogP contribution in [0.5, 0.6) is 0 Å². The molecule has 34 heavy (non-hydrogen) atoms. The molecule has 0 heterocycles. The summed E-state index contributed by atoms with van der Waals surface area (Å²) in [7, 11) is 0. The van der Waals surface area contributed by atoms with Crippen molar-refractivity contribution in [2.45, 2.75) is 97.1 Å². The SMILES string of the molecule is C[C@H](CCC(=O)N[C@@H](CO)C(=O)O)[C@H]1CC[C@H]2[C@@H]3C(=O)C[C@@H]4C[C@H](O)CC[C@]4(C)[C@H]3CC[C@]12C. The number of rotatable bonds is 7. The Balaban J connectivity index is 1.43. The summed E-state index contributed by atoms with van der Waals surface area (Å²) in [5.74, 6) is 0.895. The number of carbonyl (C=O) groups excluding carboxylic acids is 2. The Hall–Kier alpha value is -1.47. The van der Waals surface area contributed by atoms with Crippen molar-refractivity contribution in [3.63, 3.8) is 0 Å². The summed E-state index contributed by atoms with van der Waals surface area (Å²) >= 11 is 0. The van der Waals surface area contributed by atoms with E-state index in [1.165, 1.54) is 0 Å². The first-order valence-electron chi connectivity index (χ1n) is 13.3. The summed E-state index contributed by atoms with van der Waals surface area (Å²) in [6.07, 6.45) is 8.28. The summed E-state index contributed by atoms with van der Waals surface area (Å²) in [6.45, 7) is 6.34. The van der Waals surface area contributed by atoms with Crippen LogP contribution in [0.2, 0.25) is 0 Å². The smallest absolute Gasteiger partial charge is 0.328 e. The van der Waals surface area contributed by atoms with Crippen LogP contribution in [0, 0.1) is 46.3 Å². The number of ketones is 1. The molecule has 0 spiro atoms. The Morgan fingerprint density at radius 1 is 1.09 bits per heavy atom. The van der Waals surface area contributed by atoms with E-state index in [2.05, 4.69) is 26.1 Å². The van der Waals surface area contributed by atoms with E-state index in [4.69, 9.17) is 10.2 Å². The van der Waals surface area contributed by atoms with Gasteiger partial charge in [-0.1, -0.05) is 20.8 Å². The van der Waals surface area contributed by atoms with Gasteiger partial charge in [0.25, 0.3) is 0 Å². The number of carboxylic acids is 1. The summed E-state index contributed by atoms with van der Waals surface area (Å²) in [5, 5.41) is 30.8. The van der Waals surface area contributed by atoms with Gasteiger partial charge in [-0.15, -0.1) is 0 Å². The van der Waals surface area contributed by atoms with Gasteiger partial charge in [0.05, 0.1) is 12.7 Å². The molecule has 0 radical (unpaired) electrons. The predicted molar refractivity (Wildman–Crippen MR) is 127 cm³/mol. The van der Waals surface area contributed by atoms with Gasteiger partial charge in [0.1, 0.15) is 11.8 Å². The highest BCUT2D eigenvalue weighted by atomic mass is 16.4. The number of carbonyl (C=O) groups is 3.